The molecule has 0 unspecified atom stereocenters. The van der Waals surface area contributed by atoms with Crippen LogP contribution in [0, 0.1) is 6.92 Å². The zero-order chi connectivity index (χ0) is 13.5. The van der Waals surface area contributed by atoms with Gasteiger partial charge in [0.05, 0.1) is 11.0 Å². The first-order chi connectivity index (χ1) is 8.32. The van der Waals surface area contributed by atoms with Gasteiger partial charge in [-0.05, 0) is 31.0 Å². The quantitative estimate of drug-likeness (QED) is 0.796. The average molecular weight is 291 g/mol. The van der Waals surface area contributed by atoms with Crippen LogP contribution in [0.3, 0.4) is 0 Å². The molecule has 1 saturated heterocycles. The maximum absolute atomic E-state index is 12.3. The lowest BCUT2D eigenvalue weighted by molar-refractivity contribution is 0.189. The van der Waals surface area contributed by atoms with Crippen molar-refractivity contribution in [1.82, 2.24) is 4.31 Å². The lowest BCUT2D eigenvalue weighted by Crippen LogP contribution is -2.29. The molecule has 0 radical (unpaired) electrons. The van der Waals surface area contributed by atoms with Gasteiger partial charge in [0.15, 0.2) is 0 Å². The highest BCUT2D eigenvalue weighted by molar-refractivity contribution is 7.89. The van der Waals surface area contributed by atoms with E-state index in [-0.39, 0.29) is 11.4 Å². The van der Waals surface area contributed by atoms with Crippen molar-refractivity contribution in [3.63, 3.8) is 0 Å². The summed E-state index contributed by atoms with van der Waals surface area (Å²) in [5.74, 6) is 0. The molecule has 1 aromatic carbocycles. The summed E-state index contributed by atoms with van der Waals surface area (Å²) in [4.78, 5) is 0.0738. The fraction of sp³-hybridized carbons (Fsp3) is 0.455. The van der Waals surface area contributed by atoms with E-state index in [4.69, 9.17) is 17.3 Å². The van der Waals surface area contributed by atoms with E-state index in [0.717, 1.165) is 0 Å². The summed E-state index contributed by atoms with van der Waals surface area (Å²) in [6, 6.07) is 2.80. The van der Waals surface area contributed by atoms with Crippen LogP contribution in [0.4, 0.5) is 5.69 Å². The summed E-state index contributed by atoms with van der Waals surface area (Å²) in [6.07, 6.45) is -0.146. The van der Waals surface area contributed by atoms with Crippen LogP contribution in [0.2, 0.25) is 5.02 Å². The van der Waals surface area contributed by atoms with Gasteiger partial charge in [0.25, 0.3) is 0 Å². The van der Waals surface area contributed by atoms with Gasteiger partial charge in [0, 0.05) is 23.8 Å². The third-order valence-electron chi connectivity index (χ3n) is 3.12. The van der Waals surface area contributed by atoms with E-state index in [1.807, 2.05) is 0 Å². The van der Waals surface area contributed by atoms with E-state index in [0.29, 0.717) is 29.2 Å². The second kappa shape index (κ2) is 4.70. The first kappa shape index (κ1) is 13.6. The number of rotatable bonds is 2. The second-order valence-corrected chi connectivity index (χ2v) is 6.77. The van der Waals surface area contributed by atoms with Crippen molar-refractivity contribution < 1.29 is 13.5 Å². The van der Waals surface area contributed by atoms with Gasteiger partial charge in [-0.2, -0.15) is 4.31 Å². The van der Waals surface area contributed by atoms with Crippen molar-refractivity contribution >= 4 is 27.3 Å². The molecule has 1 fully saturated rings. The molecule has 5 nitrogen and oxygen atoms in total. The lowest BCUT2D eigenvalue weighted by atomic mass is 10.2. The minimum atomic E-state index is -3.62. The smallest absolute Gasteiger partial charge is 0.243 e. The maximum atomic E-state index is 12.3. The summed E-state index contributed by atoms with van der Waals surface area (Å²) < 4.78 is 25.8. The fourth-order valence-electron chi connectivity index (χ4n) is 1.90. The highest BCUT2D eigenvalue weighted by atomic mass is 35.5. The molecule has 1 heterocycles. The molecule has 0 spiro atoms. The highest BCUT2D eigenvalue weighted by Gasteiger charge is 2.32. The zero-order valence-corrected chi connectivity index (χ0v) is 11.5. The number of sulfonamides is 1. The molecule has 18 heavy (non-hydrogen) atoms. The molecule has 1 aliphatic heterocycles. The molecule has 0 aliphatic carbocycles. The van der Waals surface area contributed by atoms with Gasteiger partial charge in [-0.25, -0.2) is 8.42 Å². The standard InChI is InChI=1S/C11H15ClN2O3S/c1-7-10(12)4-9(5-11(7)13)18(16,17)14-3-2-8(15)6-14/h4-5,8,15H,2-3,6,13H2,1H3/t8-/m0/s1. The Hall–Kier alpha value is -0.820. The van der Waals surface area contributed by atoms with Gasteiger partial charge in [0.2, 0.25) is 10.0 Å². The molecule has 1 aliphatic rings. The Kier molecular flexibility index (Phi) is 3.55. The Morgan fingerprint density at radius 1 is 1.50 bits per heavy atom. The molecular formula is C11H15ClN2O3S. The Balaban J connectivity index is 2.42. The Morgan fingerprint density at radius 3 is 2.67 bits per heavy atom. The average Bonchev–Trinajstić information content (AvgIpc) is 2.72. The van der Waals surface area contributed by atoms with E-state index < -0.39 is 16.1 Å². The van der Waals surface area contributed by atoms with E-state index in [1.54, 1.807) is 6.92 Å². The highest BCUT2D eigenvalue weighted by Crippen LogP contribution is 2.29. The molecule has 100 valence electrons. The van der Waals surface area contributed by atoms with Crippen LogP contribution in [0.25, 0.3) is 0 Å². The van der Waals surface area contributed by atoms with Crippen LogP contribution in [0.15, 0.2) is 17.0 Å². The van der Waals surface area contributed by atoms with Crippen molar-refractivity contribution in [3.05, 3.63) is 22.7 Å². The Labute approximate surface area is 111 Å². The van der Waals surface area contributed by atoms with Gasteiger partial charge in [-0.3, -0.25) is 0 Å². The first-order valence-corrected chi connectivity index (χ1v) is 7.38. The number of benzene rings is 1. The van der Waals surface area contributed by atoms with Gasteiger partial charge in [-0.15, -0.1) is 0 Å². The third-order valence-corrected chi connectivity index (χ3v) is 5.36. The van der Waals surface area contributed by atoms with Crippen molar-refractivity contribution in [2.45, 2.75) is 24.3 Å². The molecule has 2 rings (SSSR count). The Morgan fingerprint density at radius 2 is 2.17 bits per heavy atom. The van der Waals surface area contributed by atoms with E-state index in [2.05, 4.69) is 0 Å². The molecule has 3 N–H and O–H groups in total. The lowest BCUT2D eigenvalue weighted by Gasteiger charge is -2.17. The van der Waals surface area contributed by atoms with Gasteiger partial charge in [0.1, 0.15) is 0 Å². The summed E-state index contributed by atoms with van der Waals surface area (Å²) >= 11 is 5.95. The SMILES string of the molecule is Cc1c(N)cc(S(=O)(=O)N2CC[C@H](O)C2)cc1Cl. The van der Waals surface area contributed by atoms with Crippen LogP contribution in [0.5, 0.6) is 0 Å². The van der Waals surface area contributed by atoms with Crippen LogP contribution in [-0.4, -0.2) is 37.0 Å². The minimum Gasteiger partial charge on any atom is -0.398 e. The summed E-state index contributed by atoms with van der Waals surface area (Å²) in [7, 11) is -3.62. The van der Waals surface area contributed by atoms with Crippen molar-refractivity contribution in [2.75, 3.05) is 18.8 Å². The second-order valence-electron chi connectivity index (χ2n) is 4.42. The third kappa shape index (κ3) is 2.33. The zero-order valence-electron chi connectivity index (χ0n) is 9.93. The molecule has 1 aromatic rings. The van der Waals surface area contributed by atoms with Crippen molar-refractivity contribution in [2.24, 2.45) is 0 Å². The summed E-state index contributed by atoms with van der Waals surface area (Å²) in [6.45, 7) is 2.16. The number of nitrogen functional groups attached to an aromatic ring is 1. The van der Waals surface area contributed by atoms with Crippen LogP contribution >= 0.6 is 11.6 Å². The van der Waals surface area contributed by atoms with Gasteiger partial charge < -0.3 is 10.8 Å². The molecular weight excluding hydrogens is 276 g/mol. The normalized spacial score (nSPS) is 21.4. The number of hydrogen-bond acceptors (Lipinski definition) is 4. The van der Waals surface area contributed by atoms with Crippen LogP contribution in [-0.2, 0) is 10.0 Å². The number of aliphatic hydroxyl groups excluding tert-OH is 1. The number of nitrogens with zero attached hydrogens (tertiary/aromatic N) is 1. The number of nitrogens with two attached hydrogens (primary N) is 1. The van der Waals surface area contributed by atoms with Gasteiger partial charge >= 0.3 is 0 Å². The number of anilines is 1. The Bertz CT molecular complexity index is 551. The topological polar surface area (TPSA) is 83.6 Å². The fourth-order valence-corrected chi connectivity index (χ4v) is 3.75. The number of β-amino-alcohol motifs (C(OH)–C–C–N with tert-alkyl or cyclic N) is 1. The van der Waals surface area contributed by atoms with Crippen LogP contribution < -0.4 is 5.73 Å². The molecule has 1 atom stereocenters. The molecule has 7 heteroatoms. The van der Waals surface area contributed by atoms with E-state index in [9.17, 15) is 13.5 Å². The predicted molar refractivity (Wildman–Crippen MR) is 70.0 cm³/mol. The number of halogens is 1. The number of hydrogen-bond donors (Lipinski definition) is 2. The summed E-state index contributed by atoms with van der Waals surface area (Å²) in [5, 5.41) is 9.73. The minimum absolute atomic E-state index is 0.0738. The first-order valence-electron chi connectivity index (χ1n) is 5.56. The van der Waals surface area contributed by atoms with Gasteiger partial charge in [-0.1, -0.05) is 11.6 Å². The number of aliphatic hydroxyl groups is 1. The molecule has 0 amide bonds. The van der Waals surface area contributed by atoms with Crippen molar-refractivity contribution in [1.29, 1.82) is 0 Å². The molecule has 0 bridgehead atoms. The predicted octanol–water partition coefficient (Wildman–Crippen LogP) is 0.986. The van der Waals surface area contributed by atoms with Crippen molar-refractivity contribution in [3.8, 4) is 0 Å². The maximum Gasteiger partial charge on any atom is 0.243 e. The molecule has 0 saturated carbocycles. The van der Waals surface area contributed by atoms with Crippen LogP contribution in [0.1, 0.15) is 12.0 Å². The molecule has 0 aromatic heterocycles. The van der Waals surface area contributed by atoms with E-state index in [1.165, 1.54) is 16.4 Å². The largest absolute Gasteiger partial charge is 0.398 e. The monoisotopic (exact) mass is 290 g/mol. The summed E-state index contributed by atoms with van der Waals surface area (Å²) in [5.41, 5.74) is 6.74. The van der Waals surface area contributed by atoms with E-state index >= 15 is 0 Å².